The van der Waals surface area contributed by atoms with Crippen LogP contribution in [0.5, 0.6) is 0 Å². The molecule has 5 rings (SSSR count). The number of amides is 2. The number of nitrogens with one attached hydrogen (secondary N) is 1. The molecule has 1 aliphatic rings. The molecule has 178 valence electrons. The largest absolute Gasteiger partial charge is 0.345 e. The molecule has 3 heterocycles. The van der Waals surface area contributed by atoms with E-state index in [1.165, 1.54) is 9.58 Å². The summed E-state index contributed by atoms with van der Waals surface area (Å²) in [6.07, 6.45) is 3.49. The van der Waals surface area contributed by atoms with Gasteiger partial charge >= 0.3 is 5.92 Å². The molecule has 4 aromatic rings. The van der Waals surface area contributed by atoms with E-state index < -0.39 is 29.7 Å². The highest BCUT2D eigenvalue weighted by atomic mass is 19.3. The number of anilines is 1. The molecule has 1 aliphatic heterocycles. The quantitative estimate of drug-likeness (QED) is 0.472. The van der Waals surface area contributed by atoms with Crippen LogP contribution in [-0.4, -0.2) is 43.5 Å². The first kappa shape index (κ1) is 22.5. The van der Waals surface area contributed by atoms with Crippen molar-refractivity contribution in [2.75, 3.05) is 4.90 Å². The standard InChI is InChI=1S/C24H19F3N6O2/c1-24(26,27)22(35)31-18-10-20(34)32(21(18)14-5-3-2-4-6-14)17-7-8-19-15(9-17)11-30-33(19)23-28-12-16(25)13-29-23/h2-9,11-13,18,21H,10H2,1H3,(H,31,35)/t18-,21?/m0/s1. The van der Waals surface area contributed by atoms with Gasteiger partial charge in [-0.2, -0.15) is 18.6 Å². The van der Waals surface area contributed by atoms with Crippen LogP contribution in [-0.2, 0) is 9.59 Å². The van der Waals surface area contributed by atoms with E-state index in [1.54, 1.807) is 54.7 Å². The van der Waals surface area contributed by atoms with Crippen LogP contribution in [0.4, 0.5) is 18.9 Å². The summed E-state index contributed by atoms with van der Waals surface area (Å²) >= 11 is 0. The highest BCUT2D eigenvalue weighted by molar-refractivity contribution is 6.00. The summed E-state index contributed by atoms with van der Waals surface area (Å²) in [4.78, 5) is 34.5. The van der Waals surface area contributed by atoms with Gasteiger partial charge < -0.3 is 10.2 Å². The molecule has 1 N–H and O–H groups in total. The highest BCUT2D eigenvalue weighted by Crippen LogP contribution is 2.39. The molecular weight excluding hydrogens is 461 g/mol. The van der Waals surface area contributed by atoms with E-state index in [2.05, 4.69) is 20.4 Å². The van der Waals surface area contributed by atoms with Gasteiger partial charge in [0.25, 0.3) is 11.9 Å². The topological polar surface area (TPSA) is 93.0 Å². The Hall–Kier alpha value is -4.28. The summed E-state index contributed by atoms with van der Waals surface area (Å²) < 4.78 is 41.8. The summed E-state index contributed by atoms with van der Waals surface area (Å²) in [6, 6.07) is 12.5. The number of halogens is 3. The zero-order chi connectivity index (χ0) is 24.7. The summed E-state index contributed by atoms with van der Waals surface area (Å²) in [5.41, 5.74) is 1.83. The molecule has 1 unspecified atom stereocenters. The summed E-state index contributed by atoms with van der Waals surface area (Å²) in [7, 11) is 0. The third kappa shape index (κ3) is 4.20. The predicted octanol–water partition coefficient (Wildman–Crippen LogP) is 3.57. The number of rotatable bonds is 5. The van der Waals surface area contributed by atoms with Gasteiger partial charge in [0.1, 0.15) is 0 Å². The van der Waals surface area contributed by atoms with Crippen molar-refractivity contribution in [1.82, 2.24) is 25.1 Å². The lowest BCUT2D eigenvalue weighted by Crippen LogP contribution is -2.46. The van der Waals surface area contributed by atoms with Gasteiger partial charge in [-0.25, -0.2) is 14.4 Å². The molecule has 11 heteroatoms. The highest BCUT2D eigenvalue weighted by Gasteiger charge is 2.45. The van der Waals surface area contributed by atoms with Crippen LogP contribution in [0.15, 0.2) is 67.1 Å². The number of alkyl halides is 2. The molecule has 2 aromatic heterocycles. The zero-order valence-corrected chi connectivity index (χ0v) is 18.4. The predicted molar refractivity (Wildman–Crippen MR) is 120 cm³/mol. The van der Waals surface area contributed by atoms with Gasteiger partial charge in [0.15, 0.2) is 5.82 Å². The average molecular weight is 480 g/mol. The number of nitrogens with zero attached hydrogens (tertiary/aromatic N) is 5. The van der Waals surface area contributed by atoms with Crippen LogP contribution < -0.4 is 10.2 Å². The SMILES string of the molecule is CC(F)(F)C(=O)N[C@H]1CC(=O)N(c2ccc3c(cnn3-c3ncc(F)cn3)c2)C1c1ccccc1. The van der Waals surface area contributed by atoms with Crippen LogP contribution >= 0.6 is 0 Å². The van der Waals surface area contributed by atoms with E-state index in [0.29, 0.717) is 29.1 Å². The van der Waals surface area contributed by atoms with Gasteiger partial charge in [-0.3, -0.25) is 9.59 Å². The van der Waals surface area contributed by atoms with Gasteiger partial charge in [0.05, 0.1) is 36.2 Å². The number of benzene rings is 2. The Morgan fingerprint density at radius 2 is 1.80 bits per heavy atom. The number of hydrogen-bond acceptors (Lipinski definition) is 5. The van der Waals surface area contributed by atoms with Crippen molar-refractivity contribution < 1.29 is 22.8 Å². The fourth-order valence-corrected chi connectivity index (χ4v) is 4.24. The van der Waals surface area contributed by atoms with Crippen LogP contribution in [0.1, 0.15) is 24.9 Å². The van der Waals surface area contributed by atoms with Crippen molar-refractivity contribution in [3.05, 3.63) is 78.5 Å². The smallest absolute Gasteiger partial charge is 0.321 e. The second-order valence-corrected chi connectivity index (χ2v) is 8.29. The monoisotopic (exact) mass is 480 g/mol. The summed E-state index contributed by atoms with van der Waals surface area (Å²) in [5, 5.41) is 7.27. The third-order valence-electron chi connectivity index (χ3n) is 5.80. The molecule has 2 amide bonds. The molecule has 2 aromatic carbocycles. The minimum Gasteiger partial charge on any atom is -0.345 e. The number of carbonyl (C=O) groups is 2. The Balaban J connectivity index is 1.53. The van der Waals surface area contributed by atoms with Gasteiger partial charge in [-0.1, -0.05) is 30.3 Å². The Morgan fingerprint density at radius 1 is 1.09 bits per heavy atom. The molecule has 8 nitrogen and oxygen atoms in total. The van der Waals surface area contributed by atoms with Crippen molar-refractivity contribution in [2.24, 2.45) is 0 Å². The lowest BCUT2D eigenvalue weighted by molar-refractivity contribution is -0.143. The molecule has 35 heavy (non-hydrogen) atoms. The van der Waals surface area contributed by atoms with Crippen molar-refractivity contribution >= 4 is 28.4 Å². The average Bonchev–Trinajstić information content (AvgIpc) is 3.39. The normalized spacial score (nSPS) is 18.3. The van der Waals surface area contributed by atoms with Crippen molar-refractivity contribution in [3.63, 3.8) is 0 Å². The van der Waals surface area contributed by atoms with Crippen LogP contribution in [0.3, 0.4) is 0 Å². The van der Waals surface area contributed by atoms with E-state index in [0.717, 1.165) is 12.4 Å². The number of hydrogen-bond donors (Lipinski definition) is 1. The molecule has 0 aliphatic carbocycles. The van der Waals surface area contributed by atoms with E-state index in [9.17, 15) is 22.8 Å². The zero-order valence-electron chi connectivity index (χ0n) is 18.4. The second kappa shape index (κ2) is 8.49. The fraction of sp³-hybridized carbons (Fsp3) is 0.208. The number of fused-ring (bicyclic) bond motifs is 1. The Labute approximate surface area is 197 Å². The van der Waals surface area contributed by atoms with Crippen molar-refractivity contribution in [1.29, 1.82) is 0 Å². The second-order valence-electron chi connectivity index (χ2n) is 8.29. The summed E-state index contributed by atoms with van der Waals surface area (Å²) in [5.74, 6) is -5.73. The Kier molecular flexibility index (Phi) is 5.46. The lowest BCUT2D eigenvalue weighted by atomic mass is 9.99. The minimum atomic E-state index is -3.58. The van der Waals surface area contributed by atoms with Crippen molar-refractivity contribution in [3.8, 4) is 5.95 Å². The van der Waals surface area contributed by atoms with Gasteiger partial charge in [0, 0.05) is 24.4 Å². The maximum atomic E-state index is 13.6. The van der Waals surface area contributed by atoms with E-state index in [4.69, 9.17) is 0 Å². The minimum absolute atomic E-state index is 0.137. The third-order valence-corrected chi connectivity index (χ3v) is 5.80. The first-order chi connectivity index (χ1) is 16.7. The van der Waals surface area contributed by atoms with Crippen LogP contribution in [0.2, 0.25) is 0 Å². The molecule has 2 atom stereocenters. The van der Waals surface area contributed by atoms with Crippen LogP contribution in [0.25, 0.3) is 16.9 Å². The molecule has 0 radical (unpaired) electrons. The lowest BCUT2D eigenvalue weighted by Gasteiger charge is -2.29. The fourth-order valence-electron chi connectivity index (χ4n) is 4.24. The first-order valence-corrected chi connectivity index (χ1v) is 10.7. The maximum absolute atomic E-state index is 13.6. The molecule has 1 saturated heterocycles. The van der Waals surface area contributed by atoms with E-state index in [-0.39, 0.29) is 18.3 Å². The molecule has 1 fully saturated rings. The maximum Gasteiger partial charge on any atom is 0.321 e. The molecule has 0 bridgehead atoms. The number of aromatic nitrogens is 4. The van der Waals surface area contributed by atoms with Gasteiger partial charge in [-0.15, -0.1) is 0 Å². The Bertz CT molecular complexity index is 1400. The van der Waals surface area contributed by atoms with Gasteiger partial charge in [-0.05, 0) is 23.8 Å². The Morgan fingerprint density at radius 3 is 2.49 bits per heavy atom. The van der Waals surface area contributed by atoms with Crippen molar-refractivity contribution in [2.45, 2.75) is 31.4 Å². The van der Waals surface area contributed by atoms with Crippen LogP contribution in [0, 0.1) is 5.82 Å². The molecule has 0 spiro atoms. The molecular formula is C24H19F3N6O2. The van der Waals surface area contributed by atoms with E-state index in [1.807, 2.05) is 0 Å². The van der Waals surface area contributed by atoms with Gasteiger partial charge in [0.2, 0.25) is 5.91 Å². The molecule has 0 saturated carbocycles. The summed E-state index contributed by atoms with van der Waals surface area (Å²) in [6.45, 7) is 0.519. The number of carbonyl (C=O) groups excluding carboxylic acids is 2. The first-order valence-electron chi connectivity index (χ1n) is 10.7. The van der Waals surface area contributed by atoms with E-state index >= 15 is 0 Å².